The van der Waals surface area contributed by atoms with Crippen LogP contribution in [-0.2, 0) is 11.3 Å². The third-order valence-corrected chi connectivity index (χ3v) is 4.97. The summed E-state index contributed by atoms with van der Waals surface area (Å²) in [5.41, 5.74) is 0.646. The van der Waals surface area contributed by atoms with Crippen molar-refractivity contribution in [2.45, 2.75) is 19.6 Å². The number of benzene rings is 1. The monoisotopic (exact) mass is 397 g/mol. The smallest absolute Gasteiger partial charge is 0.343 e. The van der Waals surface area contributed by atoms with Crippen LogP contribution in [0.4, 0.5) is 0 Å². The number of esters is 1. The Bertz CT molecular complexity index is 1140. The van der Waals surface area contributed by atoms with E-state index in [-0.39, 0.29) is 29.2 Å². The Morgan fingerprint density at radius 1 is 1.17 bits per heavy atom. The lowest BCUT2D eigenvalue weighted by molar-refractivity contribution is 0.0448. The Labute approximate surface area is 165 Å². The molecule has 0 fully saturated rings. The maximum atomic E-state index is 13.2. The molecule has 0 spiro atoms. The quantitative estimate of drug-likeness (QED) is 0.661. The summed E-state index contributed by atoms with van der Waals surface area (Å²) >= 11 is 0. The average Bonchev–Trinajstić information content (AvgIpc) is 3.32. The van der Waals surface area contributed by atoms with Crippen LogP contribution >= 0.6 is 0 Å². The van der Waals surface area contributed by atoms with Gasteiger partial charge in [-0.2, -0.15) is 0 Å². The van der Waals surface area contributed by atoms with Gasteiger partial charge in [0, 0.05) is 11.3 Å². The number of furan rings is 1. The minimum Gasteiger partial charge on any atom is -0.507 e. The number of fused-ring (bicyclic) bond motifs is 1. The van der Waals surface area contributed by atoms with Gasteiger partial charge in [0.25, 0.3) is 5.56 Å². The summed E-state index contributed by atoms with van der Waals surface area (Å²) in [4.78, 5) is 25.8. The van der Waals surface area contributed by atoms with Gasteiger partial charge in [0.15, 0.2) is 17.6 Å². The molecule has 1 N–H and O–H groups in total. The summed E-state index contributed by atoms with van der Waals surface area (Å²) in [7, 11) is 2.87. The number of aromatic hydroxyl groups is 1. The van der Waals surface area contributed by atoms with Crippen molar-refractivity contribution in [1.82, 2.24) is 4.57 Å². The summed E-state index contributed by atoms with van der Waals surface area (Å²) in [6.45, 7) is 1.89. The zero-order valence-electron chi connectivity index (χ0n) is 16.1. The SMILES string of the molecule is COc1ccc2c(c1OC)C(=O)O[C@@H]2c1c(O)cc(C)n(Cc2ccco2)c1=O. The van der Waals surface area contributed by atoms with E-state index in [0.29, 0.717) is 22.8 Å². The van der Waals surface area contributed by atoms with Gasteiger partial charge in [-0.1, -0.05) is 6.07 Å². The molecule has 4 rings (SSSR count). The number of methoxy groups -OCH3 is 2. The minimum atomic E-state index is -1.06. The molecule has 8 heteroatoms. The van der Waals surface area contributed by atoms with Gasteiger partial charge in [-0.05, 0) is 31.2 Å². The zero-order valence-corrected chi connectivity index (χ0v) is 16.1. The van der Waals surface area contributed by atoms with Crippen LogP contribution < -0.4 is 15.0 Å². The molecule has 3 aromatic rings. The topological polar surface area (TPSA) is 100 Å². The molecule has 0 saturated carbocycles. The number of ether oxygens (including phenoxy) is 3. The number of aromatic nitrogens is 1. The third kappa shape index (κ3) is 2.93. The van der Waals surface area contributed by atoms with E-state index in [9.17, 15) is 14.7 Å². The second-order valence-corrected chi connectivity index (χ2v) is 6.61. The lowest BCUT2D eigenvalue weighted by Crippen LogP contribution is -2.28. The van der Waals surface area contributed by atoms with Gasteiger partial charge >= 0.3 is 5.97 Å². The Morgan fingerprint density at radius 3 is 2.62 bits per heavy atom. The number of carbonyl (C=O) groups excluding carboxylic acids is 1. The number of nitrogens with zero attached hydrogens (tertiary/aromatic N) is 1. The van der Waals surface area contributed by atoms with Crippen molar-refractivity contribution in [1.29, 1.82) is 0 Å². The van der Waals surface area contributed by atoms with Crippen LogP contribution in [0.25, 0.3) is 0 Å². The first kappa shape index (κ1) is 18.7. The summed E-state index contributed by atoms with van der Waals surface area (Å²) < 4.78 is 22.8. The lowest BCUT2D eigenvalue weighted by atomic mass is 9.98. The molecular formula is C21H19NO7. The van der Waals surface area contributed by atoms with Crippen molar-refractivity contribution in [3.63, 3.8) is 0 Å². The first-order chi connectivity index (χ1) is 14.0. The van der Waals surface area contributed by atoms with E-state index in [4.69, 9.17) is 18.6 Å². The molecule has 8 nitrogen and oxygen atoms in total. The predicted octanol–water partition coefficient (Wildman–Crippen LogP) is 2.78. The predicted molar refractivity (Wildman–Crippen MR) is 102 cm³/mol. The number of pyridine rings is 1. The number of cyclic esters (lactones) is 1. The molecule has 3 heterocycles. The molecular weight excluding hydrogens is 378 g/mol. The number of rotatable bonds is 5. The van der Waals surface area contributed by atoms with Crippen molar-refractivity contribution in [2.75, 3.05) is 14.2 Å². The molecule has 0 bridgehead atoms. The van der Waals surface area contributed by atoms with Crippen LogP contribution in [0.1, 0.15) is 39.0 Å². The number of hydrogen-bond acceptors (Lipinski definition) is 7. The number of hydrogen-bond donors (Lipinski definition) is 1. The molecule has 29 heavy (non-hydrogen) atoms. The van der Waals surface area contributed by atoms with Crippen LogP contribution in [-0.4, -0.2) is 29.9 Å². The molecule has 0 saturated heterocycles. The van der Waals surface area contributed by atoms with Gasteiger partial charge in [0.05, 0.1) is 27.0 Å². The van der Waals surface area contributed by atoms with E-state index in [0.717, 1.165) is 0 Å². The summed E-state index contributed by atoms with van der Waals surface area (Å²) in [5, 5.41) is 10.5. The van der Waals surface area contributed by atoms with Gasteiger partial charge in [0.1, 0.15) is 22.6 Å². The van der Waals surface area contributed by atoms with Crippen LogP contribution in [0.3, 0.4) is 0 Å². The summed E-state index contributed by atoms with van der Waals surface area (Å²) in [6.07, 6.45) is 0.458. The molecule has 1 aliphatic heterocycles. The molecule has 1 aliphatic rings. The standard InChI is InChI=1S/C21H19NO7/c1-11-9-14(23)17(20(24)22(11)10-12-5-4-8-28-12)18-13-6-7-15(26-2)19(27-3)16(13)21(25)29-18/h4-9,18,23H,10H2,1-3H3/t18-/m0/s1. The van der Waals surface area contributed by atoms with Crippen molar-refractivity contribution in [3.05, 3.63) is 75.1 Å². The average molecular weight is 397 g/mol. The van der Waals surface area contributed by atoms with E-state index < -0.39 is 17.6 Å². The fourth-order valence-electron chi connectivity index (χ4n) is 3.59. The van der Waals surface area contributed by atoms with Gasteiger partial charge in [-0.3, -0.25) is 4.79 Å². The van der Waals surface area contributed by atoms with Gasteiger partial charge in [-0.25, -0.2) is 4.79 Å². The van der Waals surface area contributed by atoms with Gasteiger partial charge in [-0.15, -0.1) is 0 Å². The molecule has 1 aromatic carbocycles. The highest BCUT2D eigenvalue weighted by Crippen LogP contribution is 2.45. The van der Waals surface area contributed by atoms with Crippen molar-refractivity contribution in [2.24, 2.45) is 0 Å². The first-order valence-corrected chi connectivity index (χ1v) is 8.87. The molecule has 2 aromatic heterocycles. The zero-order chi connectivity index (χ0) is 20.7. The highest BCUT2D eigenvalue weighted by molar-refractivity contribution is 5.98. The Balaban J connectivity index is 1.87. The summed E-state index contributed by atoms with van der Waals surface area (Å²) in [6, 6.07) is 8.19. The molecule has 0 amide bonds. The van der Waals surface area contributed by atoms with E-state index in [1.165, 1.54) is 31.1 Å². The van der Waals surface area contributed by atoms with E-state index in [1.807, 2.05) is 0 Å². The Kier molecular flexibility index (Phi) is 4.54. The van der Waals surface area contributed by atoms with Gasteiger partial charge < -0.3 is 28.3 Å². The molecule has 0 unspecified atom stereocenters. The second-order valence-electron chi connectivity index (χ2n) is 6.61. The summed E-state index contributed by atoms with van der Waals surface area (Å²) in [5.74, 6) is 0.274. The largest absolute Gasteiger partial charge is 0.507 e. The maximum absolute atomic E-state index is 13.2. The van der Waals surface area contributed by atoms with Crippen molar-refractivity contribution >= 4 is 5.97 Å². The van der Waals surface area contributed by atoms with Crippen LogP contribution in [0, 0.1) is 6.92 Å². The van der Waals surface area contributed by atoms with Crippen LogP contribution in [0.2, 0.25) is 0 Å². The van der Waals surface area contributed by atoms with E-state index in [2.05, 4.69) is 0 Å². The van der Waals surface area contributed by atoms with Crippen molar-refractivity contribution < 1.29 is 28.5 Å². The number of aryl methyl sites for hydroxylation is 1. The fourth-order valence-corrected chi connectivity index (χ4v) is 3.59. The molecule has 0 aliphatic carbocycles. The molecule has 0 radical (unpaired) electrons. The normalized spacial score (nSPS) is 15.1. The van der Waals surface area contributed by atoms with Crippen molar-refractivity contribution in [3.8, 4) is 17.2 Å². The lowest BCUT2D eigenvalue weighted by Gasteiger charge is -2.17. The minimum absolute atomic E-state index is 0.0264. The van der Waals surface area contributed by atoms with Crippen LogP contribution in [0.15, 0.2) is 45.8 Å². The highest BCUT2D eigenvalue weighted by atomic mass is 16.6. The fraction of sp³-hybridized carbons (Fsp3) is 0.238. The third-order valence-electron chi connectivity index (χ3n) is 4.97. The molecule has 150 valence electrons. The van der Waals surface area contributed by atoms with E-state index >= 15 is 0 Å². The molecule has 1 atom stereocenters. The number of carbonyl (C=O) groups is 1. The first-order valence-electron chi connectivity index (χ1n) is 8.87. The maximum Gasteiger partial charge on any atom is 0.343 e. The Hall–Kier alpha value is -3.68. The second kappa shape index (κ2) is 7.05. The Morgan fingerprint density at radius 2 is 1.97 bits per heavy atom. The van der Waals surface area contributed by atoms with Gasteiger partial charge in [0.2, 0.25) is 0 Å². The highest BCUT2D eigenvalue weighted by Gasteiger charge is 2.39. The van der Waals surface area contributed by atoms with Crippen LogP contribution in [0.5, 0.6) is 17.2 Å². The van der Waals surface area contributed by atoms with E-state index in [1.54, 1.807) is 31.2 Å².